The van der Waals surface area contributed by atoms with Gasteiger partial charge in [0.1, 0.15) is 0 Å². The quantitative estimate of drug-likeness (QED) is 0.722. The van der Waals surface area contributed by atoms with Gasteiger partial charge in [-0.2, -0.15) is 0 Å². The Labute approximate surface area is 151 Å². The molecule has 2 aromatic heterocycles. The number of rotatable bonds is 4. The van der Waals surface area contributed by atoms with E-state index >= 15 is 0 Å². The Hall–Kier alpha value is -2.14. The molecule has 2 N–H and O–H groups in total. The van der Waals surface area contributed by atoms with E-state index < -0.39 is 0 Å². The van der Waals surface area contributed by atoms with Crippen molar-refractivity contribution in [2.45, 2.75) is 52.0 Å². The molecule has 0 spiro atoms. The molecule has 1 aliphatic rings. The Morgan fingerprint density at radius 2 is 2.16 bits per heavy atom. The average Bonchev–Trinajstić information content (AvgIpc) is 3.23. The molecule has 130 valence electrons. The van der Waals surface area contributed by atoms with Crippen molar-refractivity contribution in [2.75, 3.05) is 0 Å². The van der Waals surface area contributed by atoms with Crippen LogP contribution < -0.4 is 5.32 Å². The molecule has 4 nitrogen and oxygen atoms in total. The molecule has 2 heterocycles. The Kier molecular flexibility index (Phi) is 4.34. The Bertz CT molecular complexity index is 922. The molecule has 0 unspecified atom stereocenters. The van der Waals surface area contributed by atoms with Crippen molar-refractivity contribution < 1.29 is 4.79 Å². The summed E-state index contributed by atoms with van der Waals surface area (Å²) in [5.74, 6) is 0.392. The van der Waals surface area contributed by atoms with Gasteiger partial charge in [-0.15, -0.1) is 11.3 Å². The molecule has 0 fully saturated rings. The van der Waals surface area contributed by atoms with Gasteiger partial charge in [0.15, 0.2) is 0 Å². The molecular formula is C20H23N3OS. The van der Waals surface area contributed by atoms with Crippen molar-refractivity contribution in [1.82, 2.24) is 15.3 Å². The van der Waals surface area contributed by atoms with Crippen molar-refractivity contribution in [1.29, 1.82) is 0 Å². The summed E-state index contributed by atoms with van der Waals surface area (Å²) in [6.45, 7) is 4.74. The zero-order valence-electron chi connectivity index (χ0n) is 14.7. The highest BCUT2D eigenvalue weighted by molar-refractivity contribution is 7.09. The maximum Gasteiger partial charge on any atom is 0.251 e. The molecule has 0 saturated carbocycles. The molecule has 0 radical (unpaired) electrons. The van der Waals surface area contributed by atoms with Gasteiger partial charge >= 0.3 is 0 Å². The highest BCUT2D eigenvalue weighted by Gasteiger charge is 2.17. The second kappa shape index (κ2) is 6.64. The van der Waals surface area contributed by atoms with E-state index in [-0.39, 0.29) is 5.91 Å². The maximum absolute atomic E-state index is 12.5. The van der Waals surface area contributed by atoms with Crippen LogP contribution in [-0.2, 0) is 19.4 Å². The third-order valence-corrected chi connectivity index (χ3v) is 6.05. The molecule has 0 saturated heterocycles. The molecule has 25 heavy (non-hydrogen) atoms. The van der Waals surface area contributed by atoms with Crippen molar-refractivity contribution in [2.24, 2.45) is 0 Å². The number of hydrogen-bond donors (Lipinski definition) is 2. The zero-order chi connectivity index (χ0) is 17.4. The summed E-state index contributed by atoms with van der Waals surface area (Å²) in [5.41, 5.74) is 5.55. The number of H-pyrrole nitrogens is 1. The second-order valence-corrected chi connectivity index (χ2v) is 7.95. The standard InChI is InChI=1S/C20H23N3OS/c1-12(2)20-22-14(11-25-20)10-21-19(24)13-7-8-18-16(9-13)15-5-3-4-6-17(15)23-18/h7-9,11-12,23H,3-6,10H2,1-2H3,(H,21,24). The Balaban J connectivity index is 1.51. The van der Waals surface area contributed by atoms with Crippen LogP contribution in [0.25, 0.3) is 10.9 Å². The molecule has 0 bridgehead atoms. The van der Waals surface area contributed by atoms with Crippen molar-refractivity contribution >= 4 is 28.1 Å². The van der Waals surface area contributed by atoms with E-state index in [0.29, 0.717) is 12.5 Å². The van der Waals surface area contributed by atoms with Crippen molar-refractivity contribution in [3.05, 3.63) is 51.1 Å². The van der Waals surface area contributed by atoms with Crippen LogP contribution in [0.1, 0.15) is 64.9 Å². The number of amides is 1. The lowest BCUT2D eigenvalue weighted by atomic mass is 9.95. The lowest BCUT2D eigenvalue weighted by molar-refractivity contribution is 0.0950. The summed E-state index contributed by atoms with van der Waals surface area (Å²) < 4.78 is 0. The molecular weight excluding hydrogens is 330 g/mol. The van der Waals surface area contributed by atoms with E-state index in [1.54, 1.807) is 11.3 Å². The molecule has 5 heteroatoms. The van der Waals surface area contributed by atoms with Gasteiger partial charge in [-0.05, 0) is 49.4 Å². The largest absolute Gasteiger partial charge is 0.358 e. The predicted octanol–water partition coefficient (Wildman–Crippen LogP) is 4.56. The van der Waals surface area contributed by atoms with E-state index in [2.05, 4.69) is 29.1 Å². The van der Waals surface area contributed by atoms with Gasteiger partial charge in [0, 0.05) is 33.5 Å². The molecule has 0 atom stereocenters. The second-order valence-electron chi connectivity index (χ2n) is 7.06. The molecule has 1 aliphatic carbocycles. The number of hydrogen-bond acceptors (Lipinski definition) is 3. The number of carbonyl (C=O) groups is 1. The monoisotopic (exact) mass is 353 g/mol. The minimum Gasteiger partial charge on any atom is -0.358 e. The molecule has 1 amide bonds. The number of carbonyl (C=O) groups excluding carboxylic acids is 1. The van der Waals surface area contributed by atoms with Gasteiger partial charge in [-0.25, -0.2) is 4.98 Å². The van der Waals surface area contributed by atoms with E-state index in [0.717, 1.165) is 34.6 Å². The molecule has 1 aromatic carbocycles. The molecule has 0 aliphatic heterocycles. The van der Waals surface area contributed by atoms with E-state index in [1.165, 1.54) is 29.5 Å². The number of aromatic nitrogens is 2. The Morgan fingerprint density at radius 1 is 1.32 bits per heavy atom. The first kappa shape index (κ1) is 16.3. The van der Waals surface area contributed by atoms with E-state index in [4.69, 9.17) is 0 Å². The number of nitrogens with zero attached hydrogens (tertiary/aromatic N) is 1. The summed E-state index contributed by atoms with van der Waals surface area (Å²) in [6, 6.07) is 5.97. The third-order valence-electron chi connectivity index (χ3n) is 4.85. The minimum absolute atomic E-state index is 0.0354. The van der Waals surface area contributed by atoms with Crippen LogP contribution in [0.2, 0.25) is 0 Å². The fraction of sp³-hybridized carbons (Fsp3) is 0.400. The van der Waals surface area contributed by atoms with E-state index in [9.17, 15) is 4.79 Å². The van der Waals surface area contributed by atoms with Crippen LogP contribution in [-0.4, -0.2) is 15.9 Å². The van der Waals surface area contributed by atoms with Crippen LogP contribution >= 0.6 is 11.3 Å². The van der Waals surface area contributed by atoms with Crippen molar-refractivity contribution in [3.8, 4) is 0 Å². The predicted molar refractivity (Wildman–Crippen MR) is 102 cm³/mol. The summed E-state index contributed by atoms with van der Waals surface area (Å²) >= 11 is 1.66. The topological polar surface area (TPSA) is 57.8 Å². The van der Waals surface area contributed by atoms with Gasteiger partial charge in [0.2, 0.25) is 0 Å². The lowest BCUT2D eigenvalue weighted by Gasteiger charge is -2.10. The number of thiazole rings is 1. The number of nitrogens with one attached hydrogen (secondary N) is 2. The first-order chi connectivity index (χ1) is 12.1. The van der Waals surface area contributed by atoms with Crippen LogP contribution in [0.3, 0.4) is 0 Å². The summed E-state index contributed by atoms with van der Waals surface area (Å²) in [5, 5.41) is 7.35. The summed E-state index contributed by atoms with van der Waals surface area (Å²) in [4.78, 5) is 20.6. The maximum atomic E-state index is 12.5. The fourth-order valence-corrected chi connectivity index (χ4v) is 4.32. The molecule has 4 rings (SSSR count). The smallest absolute Gasteiger partial charge is 0.251 e. The third kappa shape index (κ3) is 3.21. The van der Waals surface area contributed by atoms with Gasteiger partial charge in [-0.1, -0.05) is 13.8 Å². The number of benzene rings is 1. The van der Waals surface area contributed by atoms with Crippen molar-refractivity contribution in [3.63, 3.8) is 0 Å². The summed E-state index contributed by atoms with van der Waals surface area (Å²) in [6.07, 6.45) is 4.71. The highest BCUT2D eigenvalue weighted by Crippen LogP contribution is 2.29. The van der Waals surface area contributed by atoms with E-state index in [1.807, 2.05) is 23.6 Å². The van der Waals surface area contributed by atoms with Crippen LogP contribution in [0.15, 0.2) is 23.6 Å². The fourth-order valence-electron chi connectivity index (χ4n) is 3.49. The van der Waals surface area contributed by atoms with Crippen LogP contribution in [0.5, 0.6) is 0 Å². The first-order valence-corrected chi connectivity index (χ1v) is 9.86. The average molecular weight is 353 g/mol. The molecule has 3 aromatic rings. The lowest BCUT2D eigenvalue weighted by Crippen LogP contribution is -2.22. The SMILES string of the molecule is CC(C)c1nc(CNC(=O)c2ccc3[nH]c4c(c3c2)CCCC4)cs1. The van der Waals surface area contributed by atoms with Crippen LogP contribution in [0, 0.1) is 0 Å². The minimum atomic E-state index is -0.0354. The normalized spacial score (nSPS) is 14.0. The van der Waals surface area contributed by atoms with Gasteiger partial charge < -0.3 is 10.3 Å². The number of aryl methyl sites for hydroxylation is 2. The zero-order valence-corrected chi connectivity index (χ0v) is 15.5. The Morgan fingerprint density at radius 3 is 2.96 bits per heavy atom. The van der Waals surface area contributed by atoms with Gasteiger partial charge in [-0.3, -0.25) is 4.79 Å². The van der Waals surface area contributed by atoms with Crippen LogP contribution in [0.4, 0.5) is 0 Å². The summed E-state index contributed by atoms with van der Waals surface area (Å²) in [7, 11) is 0. The highest BCUT2D eigenvalue weighted by atomic mass is 32.1. The number of fused-ring (bicyclic) bond motifs is 3. The van der Waals surface area contributed by atoms with Gasteiger partial charge in [0.05, 0.1) is 17.2 Å². The van der Waals surface area contributed by atoms with Gasteiger partial charge in [0.25, 0.3) is 5.91 Å². The number of aromatic amines is 1. The first-order valence-electron chi connectivity index (χ1n) is 8.98.